The Hall–Kier alpha value is -8.60. The molecule has 0 aromatic heterocycles. The number of aliphatic hydroxyl groups excluding tert-OH is 1. The first-order valence-electron chi connectivity index (χ1n) is 27.7. The van der Waals surface area contributed by atoms with Crippen LogP contribution < -0.4 is 72.0 Å². The average molecular weight is 1160 g/mol. The Morgan fingerprint density at radius 1 is 0.602 bits per heavy atom. The molecule has 0 radical (unpaired) electrons. The number of carboxylic acids is 1. The van der Waals surface area contributed by atoms with Crippen LogP contribution in [0, 0.1) is 5.92 Å². The molecule has 2 saturated heterocycles. The van der Waals surface area contributed by atoms with E-state index in [9.17, 15) is 53.4 Å². The lowest BCUT2D eigenvalue weighted by molar-refractivity contribution is -0.148. The monoisotopic (exact) mass is 1160 g/mol. The highest BCUT2D eigenvalue weighted by Gasteiger charge is 2.46. The van der Waals surface area contributed by atoms with Gasteiger partial charge in [-0.05, 0) is 74.8 Å². The number of carbonyl (C=O) groups is 9. The number of β-amino-alcohol motifs (C(OH)–C–C–N with tert-alkyl or cyclic N) is 1. The number of aliphatic hydroxyl groups is 1. The van der Waals surface area contributed by atoms with E-state index in [0.717, 1.165) is 4.90 Å². The number of amides is 8. The van der Waals surface area contributed by atoms with Crippen LogP contribution >= 0.6 is 0 Å². The summed E-state index contributed by atoms with van der Waals surface area (Å²) in [7, 11) is 0. The van der Waals surface area contributed by atoms with Gasteiger partial charge in [-0.2, -0.15) is 0 Å². The summed E-state index contributed by atoms with van der Waals surface area (Å²) in [4.78, 5) is 139. The minimum atomic E-state index is -1.35. The SMILES string of the molecule is CC(C)C[C@H](NC(=O)[C@@H](Cc1ccccc1)NC(=O)[C@H](Cc1ccccc1)NC(=O)CNC(=O)[C@@H]1C[C@H](O)CN1C(=O)[C@@H]1CCCN1C(=O)[C@H](CCCN=C(N)N)NC(=O)[C@H](N)CCCN=C(N)N)C(=O)NC(CCCN=C(N)N)C(=O)O. The van der Waals surface area contributed by atoms with Crippen molar-refractivity contribution in [2.24, 2.45) is 61.0 Å². The topological polar surface area (TPSA) is 492 Å². The van der Waals surface area contributed by atoms with E-state index in [2.05, 4.69) is 46.9 Å². The summed E-state index contributed by atoms with van der Waals surface area (Å²) in [5.41, 5.74) is 39.9. The standard InChI is InChI=1S/C54H84N18O11/c1-31(2)25-38(45(76)68-37(51(82)83)19-11-23-64-54(60)61)69-47(78)40(27-33-15-7-4-8-16-33)70-46(77)39(26-32-13-5-3-6-14-32)66-43(74)29-65-48(79)42-28-34(73)30-72(42)50(81)41-20-12-24-71(41)49(80)36(18-10-22-63-53(58)59)67-44(75)35(55)17-9-21-62-52(56)57/h3-8,13-16,31,34-42,73H,9-12,17-30,55H2,1-2H3,(H,65,79)(H,66,74)(H,67,75)(H,68,76)(H,69,78)(H,70,77)(H,82,83)(H4,56,57,62)(H4,58,59,63)(H4,60,61,64)/t34-,35+,36-,37?,38-,39-,40+,41-,42-/m0/s1. The minimum Gasteiger partial charge on any atom is -0.480 e. The summed E-state index contributed by atoms with van der Waals surface area (Å²) in [5.74, 6) is -7.74. The van der Waals surface area contributed by atoms with Gasteiger partial charge in [0.05, 0.1) is 18.7 Å². The normalized spacial score (nSPS) is 17.7. The molecule has 0 aliphatic carbocycles. The summed E-state index contributed by atoms with van der Waals surface area (Å²) in [6, 6.07) is 7.59. The van der Waals surface area contributed by atoms with Gasteiger partial charge in [0.1, 0.15) is 42.3 Å². The van der Waals surface area contributed by atoms with Gasteiger partial charge in [0.2, 0.25) is 47.3 Å². The summed E-state index contributed by atoms with van der Waals surface area (Å²) in [5, 5.41) is 36.6. The molecule has 0 bridgehead atoms. The number of guanidine groups is 3. The van der Waals surface area contributed by atoms with Crippen LogP contribution in [0.2, 0.25) is 0 Å². The van der Waals surface area contributed by atoms with E-state index in [1.54, 1.807) is 60.7 Å². The lowest BCUT2D eigenvalue weighted by Gasteiger charge is -2.33. The first-order chi connectivity index (χ1) is 39.4. The number of benzene rings is 2. The molecule has 83 heavy (non-hydrogen) atoms. The average Bonchev–Trinajstić information content (AvgIpc) is 3.84. The third-order valence-corrected chi connectivity index (χ3v) is 13.7. The van der Waals surface area contributed by atoms with Gasteiger partial charge < -0.3 is 92.0 Å². The maximum atomic E-state index is 14.4. The van der Waals surface area contributed by atoms with Crippen LogP contribution in [0.1, 0.15) is 89.2 Å². The third-order valence-electron chi connectivity index (χ3n) is 13.7. The Labute approximate surface area is 482 Å². The highest BCUT2D eigenvalue weighted by Crippen LogP contribution is 2.27. The van der Waals surface area contributed by atoms with Crippen LogP contribution in [-0.4, -0.2) is 185 Å². The van der Waals surface area contributed by atoms with Crippen LogP contribution in [0.3, 0.4) is 0 Å². The molecule has 2 aliphatic rings. The molecule has 8 amide bonds. The van der Waals surface area contributed by atoms with E-state index in [-0.39, 0.29) is 121 Å². The number of carboxylic acid groups (broad SMARTS) is 1. The van der Waals surface area contributed by atoms with Crippen molar-refractivity contribution in [1.29, 1.82) is 0 Å². The number of nitrogens with zero attached hydrogens (tertiary/aromatic N) is 5. The Bertz CT molecular complexity index is 2600. The van der Waals surface area contributed by atoms with Gasteiger partial charge in [0.15, 0.2) is 17.9 Å². The Kier molecular flexibility index (Phi) is 27.4. The van der Waals surface area contributed by atoms with Crippen LogP contribution in [0.15, 0.2) is 75.6 Å². The fraction of sp³-hybridized carbons (Fsp3) is 0.556. The third kappa shape index (κ3) is 23.1. The van der Waals surface area contributed by atoms with Gasteiger partial charge >= 0.3 is 5.97 Å². The Morgan fingerprint density at radius 3 is 1.59 bits per heavy atom. The second kappa shape index (κ2) is 34.0. The number of likely N-dealkylation sites (tertiary alicyclic amines) is 2. The largest absolute Gasteiger partial charge is 0.480 e. The van der Waals surface area contributed by atoms with Crippen molar-refractivity contribution >= 4 is 71.1 Å². The minimum absolute atomic E-state index is 0.0187. The number of hydrogen-bond acceptors (Lipinski definition) is 14. The lowest BCUT2D eigenvalue weighted by atomic mass is 9.99. The van der Waals surface area contributed by atoms with E-state index in [1.165, 1.54) is 4.90 Å². The van der Waals surface area contributed by atoms with Gasteiger partial charge in [0.25, 0.3) is 0 Å². The number of hydrogen-bond donors (Lipinski definition) is 15. The summed E-state index contributed by atoms with van der Waals surface area (Å²) < 4.78 is 0. The van der Waals surface area contributed by atoms with Crippen molar-refractivity contribution in [2.45, 2.75) is 145 Å². The summed E-state index contributed by atoms with van der Waals surface area (Å²) in [6.45, 7) is 3.29. The van der Waals surface area contributed by atoms with Crippen LogP contribution in [0.5, 0.6) is 0 Å². The van der Waals surface area contributed by atoms with Crippen LogP contribution in [0.25, 0.3) is 0 Å². The van der Waals surface area contributed by atoms with E-state index < -0.39 is 114 Å². The molecule has 456 valence electrons. The number of rotatable bonds is 33. The molecular formula is C54H84N18O11. The van der Waals surface area contributed by atoms with E-state index in [0.29, 0.717) is 24.0 Å². The zero-order chi connectivity index (χ0) is 61.2. The number of aliphatic imine (C=N–C) groups is 3. The van der Waals surface area contributed by atoms with Crippen molar-refractivity contribution in [2.75, 3.05) is 39.3 Å². The van der Waals surface area contributed by atoms with Gasteiger partial charge in [-0.3, -0.25) is 53.3 Å². The van der Waals surface area contributed by atoms with Crippen molar-refractivity contribution in [3.8, 4) is 0 Å². The zero-order valence-electron chi connectivity index (χ0n) is 47.1. The number of nitrogens with two attached hydrogens (primary N) is 7. The summed E-state index contributed by atoms with van der Waals surface area (Å²) in [6.07, 6.45) is 0.343. The molecule has 2 fully saturated rings. The molecule has 2 aliphatic heterocycles. The van der Waals surface area contributed by atoms with Crippen molar-refractivity contribution in [3.05, 3.63) is 71.8 Å². The van der Waals surface area contributed by atoms with Crippen molar-refractivity contribution in [1.82, 2.24) is 41.7 Å². The predicted molar refractivity (Wildman–Crippen MR) is 309 cm³/mol. The van der Waals surface area contributed by atoms with E-state index in [4.69, 9.17) is 40.1 Å². The first kappa shape index (κ1) is 66.9. The molecule has 29 nitrogen and oxygen atoms in total. The molecule has 0 spiro atoms. The maximum absolute atomic E-state index is 14.4. The van der Waals surface area contributed by atoms with Crippen molar-refractivity contribution < 1.29 is 53.4 Å². The Morgan fingerprint density at radius 2 is 1.07 bits per heavy atom. The molecule has 2 aromatic rings. The maximum Gasteiger partial charge on any atom is 0.326 e. The quantitative estimate of drug-likeness (QED) is 0.0182. The molecular weight excluding hydrogens is 1080 g/mol. The van der Waals surface area contributed by atoms with Crippen molar-refractivity contribution in [3.63, 3.8) is 0 Å². The highest BCUT2D eigenvalue weighted by molar-refractivity contribution is 5.98. The second-order valence-corrected chi connectivity index (χ2v) is 21.0. The van der Waals surface area contributed by atoms with E-state index >= 15 is 0 Å². The first-order valence-corrected chi connectivity index (χ1v) is 27.7. The van der Waals surface area contributed by atoms with Gasteiger partial charge in [-0.1, -0.05) is 74.5 Å². The fourth-order valence-corrected chi connectivity index (χ4v) is 9.60. The van der Waals surface area contributed by atoms with Crippen LogP contribution in [0.4, 0.5) is 0 Å². The summed E-state index contributed by atoms with van der Waals surface area (Å²) >= 11 is 0. The number of carbonyl (C=O) groups excluding carboxylic acids is 8. The lowest BCUT2D eigenvalue weighted by Crippen LogP contribution is -2.59. The number of aliphatic carboxylic acids is 1. The zero-order valence-corrected chi connectivity index (χ0v) is 47.1. The van der Waals surface area contributed by atoms with Gasteiger partial charge in [-0.15, -0.1) is 0 Å². The molecule has 1 unspecified atom stereocenters. The van der Waals surface area contributed by atoms with Gasteiger partial charge in [-0.25, -0.2) is 4.79 Å². The molecule has 22 N–H and O–H groups in total. The molecule has 0 saturated carbocycles. The fourth-order valence-electron chi connectivity index (χ4n) is 9.60. The van der Waals surface area contributed by atoms with Crippen LogP contribution in [-0.2, 0) is 56.0 Å². The smallest absolute Gasteiger partial charge is 0.326 e. The van der Waals surface area contributed by atoms with E-state index in [1.807, 2.05) is 13.8 Å². The molecule has 2 aromatic carbocycles. The molecule has 9 atom stereocenters. The Balaban J connectivity index is 1.49. The molecule has 4 rings (SSSR count). The molecule has 2 heterocycles. The highest BCUT2D eigenvalue weighted by atomic mass is 16.4. The second-order valence-electron chi connectivity index (χ2n) is 21.0. The predicted octanol–water partition coefficient (Wildman–Crippen LogP) is -4.42. The van der Waals surface area contributed by atoms with Gasteiger partial charge in [0, 0.05) is 52.0 Å². The molecule has 29 heteroatoms. The number of nitrogens with one attached hydrogen (secondary N) is 6.